The first-order valence-corrected chi connectivity index (χ1v) is 13.7. The van der Waals surface area contributed by atoms with Gasteiger partial charge in [-0.25, -0.2) is 8.42 Å². The number of carbonyl (C=O) groups excluding carboxylic acids is 2. The van der Waals surface area contributed by atoms with Crippen molar-refractivity contribution < 1.29 is 18.0 Å². The number of hydrogen-bond acceptors (Lipinski definition) is 4. The molecule has 7 nitrogen and oxygen atoms in total. The number of hydrogen-bond donors (Lipinski definition) is 1. The van der Waals surface area contributed by atoms with E-state index in [0.29, 0.717) is 12.2 Å². The average Bonchev–Trinajstić information content (AvgIpc) is 2.74. The van der Waals surface area contributed by atoms with Crippen molar-refractivity contribution in [3.8, 4) is 0 Å². The Kier molecular flexibility index (Phi) is 9.71. The van der Waals surface area contributed by atoms with Crippen LogP contribution in [0.25, 0.3) is 0 Å². The molecule has 0 saturated carbocycles. The van der Waals surface area contributed by atoms with Gasteiger partial charge in [0.25, 0.3) is 0 Å². The fraction of sp³-hybridized carbons (Fsp3) is 0.417. The van der Waals surface area contributed by atoms with Gasteiger partial charge in [-0.2, -0.15) is 0 Å². The number of anilines is 1. The lowest BCUT2D eigenvalue weighted by molar-refractivity contribution is -0.139. The number of sulfonamides is 1. The fourth-order valence-corrected chi connectivity index (χ4v) is 4.44. The molecule has 33 heavy (non-hydrogen) atoms. The van der Waals surface area contributed by atoms with Gasteiger partial charge < -0.3 is 10.2 Å². The molecular weight excluding hydrogens is 553 g/mol. The Bertz CT molecular complexity index is 1070. The second kappa shape index (κ2) is 11.8. The minimum absolute atomic E-state index is 0.200. The Morgan fingerprint density at radius 1 is 1.03 bits per heavy atom. The summed E-state index contributed by atoms with van der Waals surface area (Å²) in [6.45, 7) is 7.89. The molecule has 0 unspecified atom stereocenters. The first-order valence-electron chi connectivity index (χ1n) is 10.7. The lowest BCUT2D eigenvalue weighted by Gasteiger charge is -2.32. The minimum atomic E-state index is -3.72. The second-order valence-corrected chi connectivity index (χ2v) is 11.7. The molecule has 0 aromatic heterocycles. The zero-order valence-electron chi connectivity index (χ0n) is 19.7. The van der Waals surface area contributed by atoms with Gasteiger partial charge in [0.1, 0.15) is 12.6 Å². The highest BCUT2D eigenvalue weighted by Gasteiger charge is 2.30. The highest BCUT2D eigenvalue weighted by atomic mass is 127. The van der Waals surface area contributed by atoms with E-state index in [1.165, 1.54) is 4.90 Å². The highest BCUT2D eigenvalue weighted by Crippen LogP contribution is 2.21. The van der Waals surface area contributed by atoms with E-state index in [0.717, 1.165) is 25.3 Å². The van der Waals surface area contributed by atoms with E-state index in [1.54, 1.807) is 31.2 Å². The lowest BCUT2D eigenvalue weighted by Crippen LogP contribution is -2.51. The maximum Gasteiger partial charge on any atom is 0.244 e. The molecule has 0 aliphatic heterocycles. The van der Waals surface area contributed by atoms with Crippen LogP contribution in [0.15, 0.2) is 48.5 Å². The van der Waals surface area contributed by atoms with Crippen LogP contribution in [-0.4, -0.2) is 50.5 Å². The molecule has 0 fully saturated rings. The molecule has 0 aliphatic carbocycles. The number of nitrogens with one attached hydrogen (secondary N) is 1. The van der Waals surface area contributed by atoms with E-state index in [4.69, 9.17) is 0 Å². The highest BCUT2D eigenvalue weighted by molar-refractivity contribution is 14.1. The molecule has 1 N–H and O–H groups in total. The van der Waals surface area contributed by atoms with E-state index < -0.39 is 28.5 Å². The van der Waals surface area contributed by atoms with Crippen molar-refractivity contribution in [1.29, 1.82) is 0 Å². The standard InChI is InChI=1S/C24H32IN3O4S/c1-17(2)14-26-24(30)19(4)27(15-20-9-7-6-8-18(20)3)23(29)16-28(33(5,31)32)22-12-10-21(25)11-13-22/h6-13,17,19H,14-16H2,1-5H3,(H,26,30)/t19-/m0/s1. The molecule has 2 rings (SSSR count). The van der Waals surface area contributed by atoms with Crippen molar-refractivity contribution in [3.63, 3.8) is 0 Å². The van der Waals surface area contributed by atoms with Gasteiger partial charge in [-0.15, -0.1) is 0 Å². The molecule has 180 valence electrons. The topological polar surface area (TPSA) is 86.8 Å². The maximum absolute atomic E-state index is 13.5. The van der Waals surface area contributed by atoms with Crippen LogP contribution in [0.3, 0.4) is 0 Å². The van der Waals surface area contributed by atoms with Crippen molar-refractivity contribution in [1.82, 2.24) is 10.2 Å². The van der Waals surface area contributed by atoms with E-state index >= 15 is 0 Å². The predicted octanol–water partition coefficient (Wildman–Crippen LogP) is 3.56. The van der Waals surface area contributed by atoms with Crippen LogP contribution in [-0.2, 0) is 26.2 Å². The van der Waals surface area contributed by atoms with Gasteiger partial charge in [-0.1, -0.05) is 38.1 Å². The van der Waals surface area contributed by atoms with Gasteiger partial charge in [-0.3, -0.25) is 13.9 Å². The predicted molar refractivity (Wildman–Crippen MR) is 140 cm³/mol. The molecule has 0 radical (unpaired) electrons. The van der Waals surface area contributed by atoms with Crippen LogP contribution in [0.4, 0.5) is 5.69 Å². The molecule has 0 bridgehead atoms. The molecule has 0 heterocycles. The summed E-state index contributed by atoms with van der Waals surface area (Å²) in [7, 11) is -3.72. The van der Waals surface area contributed by atoms with Crippen molar-refractivity contribution in [3.05, 3.63) is 63.2 Å². The Hall–Kier alpha value is -2.14. The Labute approximate surface area is 210 Å². The molecule has 9 heteroatoms. The summed E-state index contributed by atoms with van der Waals surface area (Å²) in [5.74, 6) is -0.455. The number of amides is 2. The summed E-state index contributed by atoms with van der Waals surface area (Å²) in [4.78, 5) is 27.7. The van der Waals surface area contributed by atoms with Gasteiger partial charge in [0.2, 0.25) is 21.8 Å². The number of nitrogens with zero attached hydrogens (tertiary/aromatic N) is 2. The van der Waals surface area contributed by atoms with Crippen LogP contribution in [0.1, 0.15) is 31.9 Å². The van der Waals surface area contributed by atoms with Crippen molar-refractivity contribution in [2.24, 2.45) is 5.92 Å². The minimum Gasteiger partial charge on any atom is -0.354 e. The van der Waals surface area contributed by atoms with E-state index in [-0.39, 0.29) is 18.4 Å². The summed E-state index contributed by atoms with van der Waals surface area (Å²) in [6, 6.07) is 13.8. The lowest BCUT2D eigenvalue weighted by atomic mass is 10.1. The number of benzene rings is 2. The summed E-state index contributed by atoms with van der Waals surface area (Å²) >= 11 is 2.13. The average molecular weight is 586 g/mol. The molecule has 0 aliphatic rings. The molecular formula is C24H32IN3O4S. The van der Waals surface area contributed by atoms with Gasteiger partial charge in [0.05, 0.1) is 11.9 Å². The van der Waals surface area contributed by atoms with Gasteiger partial charge in [-0.05, 0) is 77.7 Å². The molecule has 2 aromatic rings. The van der Waals surface area contributed by atoms with Crippen LogP contribution in [0.5, 0.6) is 0 Å². The number of halogens is 1. The molecule has 2 amide bonds. The van der Waals surface area contributed by atoms with E-state index in [2.05, 4.69) is 27.9 Å². The summed E-state index contributed by atoms with van der Waals surface area (Å²) in [6.07, 6.45) is 1.07. The number of carbonyl (C=O) groups is 2. The molecule has 1 atom stereocenters. The first kappa shape index (κ1) is 27.1. The third-order valence-corrected chi connectivity index (χ3v) is 7.11. The number of rotatable bonds is 10. The zero-order valence-corrected chi connectivity index (χ0v) is 22.7. The number of aryl methyl sites for hydroxylation is 1. The van der Waals surface area contributed by atoms with Crippen LogP contribution in [0.2, 0.25) is 0 Å². The smallest absolute Gasteiger partial charge is 0.244 e. The van der Waals surface area contributed by atoms with Crippen LogP contribution < -0.4 is 9.62 Å². The first-order chi connectivity index (χ1) is 15.4. The van der Waals surface area contributed by atoms with Gasteiger partial charge in [0, 0.05) is 16.7 Å². The second-order valence-electron chi connectivity index (χ2n) is 8.51. The molecule has 0 spiro atoms. The maximum atomic E-state index is 13.5. The normalized spacial score (nSPS) is 12.3. The van der Waals surface area contributed by atoms with E-state index in [9.17, 15) is 18.0 Å². The Morgan fingerprint density at radius 2 is 1.64 bits per heavy atom. The van der Waals surface area contributed by atoms with Crippen LogP contribution >= 0.6 is 22.6 Å². The van der Waals surface area contributed by atoms with Crippen molar-refractivity contribution in [2.75, 3.05) is 23.7 Å². The van der Waals surface area contributed by atoms with Crippen molar-refractivity contribution in [2.45, 2.75) is 40.3 Å². The Balaban J connectivity index is 2.36. The molecule has 0 saturated heterocycles. The Morgan fingerprint density at radius 3 is 2.18 bits per heavy atom. The van der Waals surface area contributed by atoms with E-state index in [1.807, 2.05) is 45.0 Å². The largest absolute Gasteiger partial charge is 0.354 e. The summed E-state index contributed by atoms with van der Waals surface area (Å²) in [5, 5.41) is 2.87. The third kappa shape index (κ3) is 7.99. The SMILES string of the molecule is Cc1ccccc1CN(C(=O)CN(c1ccc(I)cc1)S(C)(=O)=O)[C@@H](C)C(=O)NCC(C)C. The van der Waals surface area contributed by atoms with Gasteiger partial charge >= 0.3 is 0 Å². The zero-order chi connectivity index (χ0) is 24.8. The summed E-state index contributed by atoms with van der Waals surface area (Å²) < 4.78 is 27.1. The molecule has 2 aromatic carbocycles. The van der Waals surface area contributed by atoms with Gasteiger partial charge in [0.15, 0.2) is 0 Å². The van der Waals surface area contributed by atoms with Crippen molar-refractivity contribution >= 4 is 50.1 Å². The fourth-order valence-electron chi connectivity index (χ4n) is 3.23. The quantitative estimate of drug-likeness (QED) is 0.433. The van der Waals surface area contributed by atoms with Crippen LogP contribution in [0, 0.1) is 16.4 Å². The third-order valence-electron chi connectivity index (χ3n) is 5.25. The summed E-state index contributed by atoms with van der Waals surface area (Å²) in [5.41, 5.74) is 2.29. The monoisotopic (exact) mass is 585 g/mol.